The summed E-state index contributed by atoms with van der Waals surface area (Å²) < 4.78 is 11.6. The van der Waals surface area contributed by atoms with Gasteiger partial charge in [0.25, 0.3) is 11.8 Å². The second-order valence-electron chi connectivity index (χ2n) is 9.06. The number of ether oxygens (including phenoxy) is 2. The molecule has 4 aromatic rings. The van der Waals surface area contributed by atoms with E-state index in [9.17, 15) is 14.4 Å². The average molecular weight is 642 g/mol. The highest BCUT2D eigenvalue weighted by atomic mass is 35.5. The van der Waals surface area contributed by atoms with Crippen LogP contribution in [-0.4, -0.2) is 17.8 Å². The second-order valence-corrected chi connectivity index (χ2v) is 10.7. The zero-order chi connectivity index (χ0) is 29.8. The van der Waals surface area contributed by atoms with Crippen LogP contribution in [0.5, 0.6) is 11.5 Å². The largest absolute Gasteiger partial charge is 0.489 e. The number of anilines is 1. The number of imide groups is 2. The SMILES string of the molecule is O=C1NC(=O)N(c2ccc(OCc3ccccc3)cc2)C(=O)/C1=C/c1cc(Cl)c(OCc2ccc(Cl)cc2Cl)c(Cl)c1. The molecule has 4 aromatic carbocycles. The normalized spacial score (nSPS) is 14.2. The summed E-state index contributed by atoms with van der Waals surface area (Å²) in [6.45, 7) is 0.429. The standard InChI is InChI=1S/C31H20Cl4N2O5/c32-21-7-6-20(25(33)15-21)17-42-28-26(34)13-19(14-27(28)35)12-24-29(38)36-31(40)37(30(24)39)22-8-10-23(11-9-22)41-16-18-4-2-1-3-5-18/h1-15H,16-17H2,(H,36,38,40)/b24-12+. The molecule has 11 heteroatoms. The minimum Gasteiger partial charge on any atom is -0.489 e. The molecule has 4 amide bonds. The number of rotatable bonds is 8. The zero-order valence-corrected chi connectivity index (χ0v) is 24.6. The van der Waals surface area contributed by atoms with Crippen molar-refractivity contribution in [2.45, 2.75) is 13.2 Å². The Balaban J connectivity index is 1.33. The van der Waals surface area contributed by atoms with Crippen molar-refractivity contribution >= 4 is 76.0 Å². The maximum atomic E-state index is 13.3. The lowest BCUT2D eigenvalue weighted by Gasteiger charge is -2.26. The van der Waals surface area contributed by atoms with Gasteiger partial charge in [-0.1, -0.05) is 82.8 Å². The molecule has 0 bridgehead atoms. The zero-order valence-electron chi connectivity index (χ0n) is 21.6. The Morgan fingerprint density at radius 3 is 2.10 bits per heavy atom. The topological polar surface area (TPSA) is 84.9 Å². The van der Waals surface area contributed by atoms with Gasteiger partial charge in [0, 0.05) is 15.6 Å². The Morgan fingerprint density at radius 1 is 0.738 bits per heavy atom. The van der Waals surface area contributed by atoms with E-state index in [2.05, 4.69) is 5.32 Å². The molecular weight excluding hydrogens is 622 g/mol. The van der Waals surface area contributed by atoms with Crippen molar-refractivity contribution in [3.8, 4) is 11.5 Å². The molecule has 1 aliphatic heterocycles. The van der Waals surface area contributed by atoms with Crippen LogP contribution in [0, 0.1) is 0 Å². The molecule has 1 heterocycles. The quantitative estimate of drug-likeness (QED) is 0.155. The van der Waals surface area contributed by atoms with E-state index >= 15 is 0 Å². The minimum absolute atomic E-state index is 0.0733. The Hall–Kier alpha value is -4.01. The molecule has 212 valence electrons. The molecule has 7 nitrogen and oxygen atoms in total. The highest BCUT2D eigenvalue weighted by molar-refractivity contribution is 6.40. The molecular formula is C31H20Cl4N2O5. The lowest BCUT2D eigenvalue weighted by Crippen LogP contribution is -2.54. The van der Waals surface area contributed by atoms with Gasteiger partial charge in [-0.2, -0.15) is 0 Å². The molecule has 0 radical (unpaired) electrons. The van der Waals surface area contributed by atoms with Crippen LogP contribution in [0.4, 0.5) is 10.5 Å². The Morgan fingerprint density at radius 2 is 1.43 bits per heavy atom. The first-order chi connectivity index (χ1) is 20.2. The fourth-order valence-corrected chi connectivity index (χ4v) is 5.16. The summed E-state index contributed by atoms with van der Waals surface area (Å²) in [4.78, 5) is 39.5. The number of urea groups is 1. The van der Waals surface area contributed by atoms with E-state index in [1.165, 1.54) is 18.2 Å². The first kappa shape index (κ1) is 29.5. The van der Waals surface area contributed by atoms with Crippen molar-refractivity contribution in [2.24, 2.45) is 0 Å². The van der Waals surface area contributed by atoms with E-state index in [1.54, 1.807) is 42.5 Å². The van der Waals surface area contributed by atoms with Crippen LogP contribution in [0.1, 0.15) is 16.7 Å². The molecule has 5 rings (SSSR count). The van der Waals surface area contributed by atoms with Gasteiger partial charge in [0.15, 0.2) is 5.75 Å². The van der Waals surface area contributed by atoms with Crippen molar-refractivity contribution in [3.05, 3.63) is 127 Å². The maximum absolute atomic E-state index is 13.3. The van der Waals surface area contributed by atoms with Crippen molar-refractivity contribution in [1.29, 1.82) is 0 Å². The molecule has 0 spiro atoms. The van der Waals surface area contributed by atoms with E-state index in [4.69, 9.17) is 55.9 Å². The summed E-state index contributed by atoms with van der Waals surface area (Å²) in [5.74, 6) is -0.929. The number of nitrogens with one attached hydrogen (secondary N) is 1. The number of halogens is 4. The summed E-state index contributed by atoms with van der Waals surface area (Å²) in [5.41, 5.74) is 1.98. The van der Waals surface area contributed by atoms with Gasteiger partial charge >= 0.3 is 6.03 Å². The predicted molar refractivity (Wildman–Crippen MR) is 163 cm³/mol. The summed E-state index contributed by atoms with van der Waals surface area (Å²) in [5, 5.41) is 3.39. The van der Waals surface area contributed by atoms with E-state index in [0.29, 0.717) is 33.5 Å². The number of carbonyl (C=O) groups is 3. The first-order valence-corrected chi connectivity index (χ1v) is 13.9. The number of nitrogens with zero attached hydrogens (tertiary/aromatic N) is 1. The molecule has 0 aromatic heterocycles. The number of benzene rings is 4. The smallest absolute Gasteiger partial charge is 0.335 e. The van der Waals surface area contributed by atoms with Crippen LogP contribution in [-0.2, 0) is 22.8 Å². The van der Waals surface area contributed by atoms with Gasteiger partial charge < -0.3 is 9.47 Å². The van der Waals surface area contributed by atoms with Gasteiger partial charge in [-0.05, 0) is 65.7 Å². The Labute approximate surface area is 261 Å². The second kappa shape index (κ2) is 12.9. The Bertz CT molecular complexity index is 1690. The fraction of sp³-hybridized carbons (Fsp3) is 0.0645. The van der Waals surface area contributed by atoms with Gasteiger partial charge in [0.05, 0.1) is 15.7 Å². The van der Waals surface area contributed by atoms with Crippen LogP contribution in [0.25, 0.3) is 6.08 Å². The van der Waals surface area contributed by atoms with E-state index < -0.39 is 17.8 Å². The highest BCUT2D eigenvalue weighted by Gasteiger charge is 2.37. The monoisotopic (exact) mass is 640 g/mol. The number of carbonyl (C=O) groups excluding carboxylic acids is 3. The number of amides is 4. The molecule has 0 atom stereocenters. The third-order valence-electron chi connectivity index (χ3n) is 6.16. The van der Waals surface area contributed by atoms with Gasteiger partial charge in [-0.15, -0.1) is 0 Å². The van der Waals surface area contributed by atoms with Crippen molar-refractivity contribution in [1.82, 2.24) is 5.32 Å². The van der Waals surface area contributed by atoms with Gasteiger partial charge in [0.1, 0.15) is 24.5 Å². The van der Waals surface area contributed by atoms with Gasteiger partial charge in [-0.25, -0.2) is 9.69 Å². The summed E-state index contributed by atoms with van der Waals surface area (Å²) in [6.07, 6.45) is 1.30. The molecule has 1 aliphatic rings. The number of barbiturate groups is 1. The van der Waals surface area contributed by atoms with E-state index in [0.717, 1.165) is 10.5 Å². The molecule has 1 fully saturated rings. The maximum Gasteiger partial charge on any atom is 0.335 e. The molecule has 0 unspecified atom stereocenters. The lowest BCUT2D eigenvalue weighted by molar-refractivity contribution is -0.122. The number of hydrogen-bond donors (Lipinski definition) is 1. The molecule has 42 heavy (non-hydrogen) atoms. The van der Waals surface area contributed by atoms with Crippen molar-refractivity contribution in [2.75, 3.05) is 4.90 Å². The summed E-state index contributed by atoms with van der Waals surface area (Å²) >= 11 is 25.0. The molecule has 1 saturated heterocycles. The lowest BCUT2D eigenvalue weighted by atomic mass is 10.1. The average Bonchev–Trinajstić information content (AvgIpc) is 2.96. The van der Waals surface area contributed by atoms with E-state index in [-0.39, 0.29) is 33.7 Å². The Kier molecular flexibility index (Phi) is 9.04. The number of hydrogen-bond acceptors (Lipinski definition) is 5. The molecule has 0 saturated carbocycles. The van der Waals surface area contributed by atoms with Crippen molar-refractivity contribution < 1.29 is 23.9 Å². The van der Waals surface area contributed by atoms with Crippen LogP contribution >= 0.6 is 46.4 Å². The van der Waals surface area contributed by atoms with E-state index in [1.807, 2.05) is 30.3 Å². The molecule has 0 aliphatic carbocycles. The first-order valence-electron chi connectivity index (χ1n) is 12.4. The third-order valence-corrected chi connectivity index (χ3v) is 7.31. The highest BCUT2D eigenvalue weighted by Crippen LogP contribution is 2.36. The van der Waals surface area contributed by atoms with Crippen LogP contribution < -0.4 is 19.7 Å². The van der Waals surface area contributed by atoms with Crippen molar-refractivity contribution in [3.63, 3.8) is 0 Å². The summed E-state index contributed by atoms with van der Waals surface area (Å²) in [6, 6.07) is 23.1. The van der Waals surface area contributed by atoms with Crippen LogP contribution in [0.2, 0.25) is 20.1 Å². The summed E-state index contributed by atoms with van der Waals surface area (Å²) in [7, 11) is 0. The fourth-order valence-electron chi connectivity index (χ4n) is 4.08. The van der Waals surface area contributed by atoms with Gasteiger partial charge in [0.2, 0.25) is 0 Å². The minimum atomic E-state index is -0.874. The predicted octanol–water partition coefficient (Wildman–Crippen LogP) is 8.12. The van der Waals surface area contributed by atoms with Crippen LogP contribution in [0.3, 0.4) is 0 Å². The van der Waals surface area contributed by atoms with Crippen LogP contribution in [0.15, 0.2) is 90.5 Å². The van der Waals surface area contributed by atoms with Gasteiger partial charge in [-0.3, -0.25) is 14.9 Å². The molecule has 1 N–H and O–H groups in total. The third kappa shape index (κ3) is 6.72.